The molecule has 1 atom stereocenters. The normalized spacial score (nSPS) is 20.5. The van der Waals surface area contributed by atoms with E-state index in [-0.39, 0.29) is 0 Å². The summed E-state index contributed by atoms with van der Waals surface area (Å²) >= 11 is 0. The van der Waals surface area contributed by atoms with Crippen molar-refractivity contribution >= 4 is 0 Å². The van der Waals surface area contributed by atoms with Crippen LogP contribution >= 0.6 is 0 Å². The zero-order valence-corrected chi connectivity index (χ0v) is 12.4. The lowest BCUT2D eigenvalue weighted by Gasteiger charge is -2.25. The van der Waals surface area contributed by atoms with Crippen LogP contribution in [0.5, 0.6) is 0 Å². The summed E-state index contributed by atoms with van der Waals surface area (Å²) < 4.78 is 2.17. The largest absolute Gasteiger partial charge is 0.337 e. The van der Waals surface area contributed by atoms with Crippen LogP contribution in [0.4, 0.5) is 0 Å². The van der Waals surface area contributed by atoms with Crippen molar-refractivity contribution in [3.05, 3.63) is 18.7 Å². The number of nitrogens with one attached hydrogen (secondary N) is 1. The molecule has 0 saturated carbocycles. The first-order chi connectivity index (χ1) is 9.25. The fourth-order valence-electron chi connectivity index (χ4n) is 2.83. The number of imidazole rings is 1. The molecule has 0 bridgehead atoms. The van der Waals surface area contributed by atoms with Crippen LogP contribution in [0.3, 0.4) is 0 Å². The molecule has 1 aliphatic rings. The molecule has 1 aromatic heterocycles. The van der Waals surface area contributed by atoms with Crippen molar-refractivity contribution in [1.29, 1.82) is 0 Å². The highest BCUT2D eigenvalue weighted by molar-refractivity contribution is 4.81. The van der Waals surface area contributed by atoms with Crippen LogP contribution in [0.2, 0.25) is 0 Å². The second kappa shape index (κ2) is 7.65. The Balaban J connectivity index is 1.64. The highest BCUT2D eigenvalue weighted by Crippen LogP contribution is 2.16. The van der Waals surface area contributed by atoms with E-state index in [1.807, 2.05) is 18.7 Å². The average Bonchev–Trinajstić information content (AvgIpc) is 3.01. The minimum atomic E-state index is 0.746. The number of rotatable bonds is 8. The van der Waals surface area contributed by atoms with Gasteiger partial charge in [0, 0.05) is 38.1 Å². The molecular weight excluding hydrogens is 236 g/mol. The average molecular weight is 264 g/mol. The summed E-state index contributed by atoms with van der Waals surface area (Å²) in [5.74, 6) is 0.746. The molecule has 1 unspecified atom stereocenters. The number of hydrogen-bond acceptors (Lipinski definition) is 3. The van der Waals surface area contributed by atoms with E-state index in [4.69, 9.17) is 0 Å². The Hall–Kier alpha value is -0.870. The molecule has 1 fully saturated rings. The van der Waals surface area contributed by atoms with Crippen molar-refractivity contribution in [1.82, 2.24) is 19.8 Å². The Kier molecular flexibility index (Phi) is 5.86. The van der Waals surface area contributed by atoms with Crippen LogP contribution in [0.1, 0.15) is 33.1 Å². The number of aryl methyl sites for hydroxylation is 1. The highest BCUT2D eigenvalue weighted by atomic mass is 15.2. The molecule has 1 saturated heterocycles. The smallest absolute Gasteiger partial charge is 0.0945 e. The maximum atomic E-state index is 4.08. The van der Waals surface area contributed by atoms with Gasteiger partial charge < -0.3 is 9.88 Å². The molecule has 4 nitrogen and oxygen atoms in total. The predicted octanol–water partition coefficient (Wildman–Crippen LogP) is 1.98. The molecule has 2 heterocycles. The Morgan fingerprint density at radius 1 is 1.37 bits per heavy atom. The Bertz CT molecular complexity index is 334. The molecule has 0 aromatic carbocycles. The number of hydrogen-bond donors (Lipinski definition) is 1. The van der Waals surface area contributed by atoms with Gasteiger partial charge in [-0.05, 0) is 38.3 Å². The molecule has 0 aliphatic carbocycles. The minimum Gasteiger partial charge on any atom is -0.337 e. The van der Waals surface area contributed by atoms with Crippen LogP contribution in [0.15, 0.2) is 18.7 Å². The second-order valence-electron chi connectivity index (χ2n) is 6.04. The lowest BCUT2D eigenvalue weighted by molar-refractivity contribution is 0.239. The molecule has 1 aromatic rings. The molecule has 19 heavy (non-hydrogen) atoms. The molecular formula is C15H28N4. The van der Waals surface area contributed by atoms with Crippen molar-refractivity contribution in [2.45, 2.75) is 45.7 Å². The molecule has 2 rings (SSSR count). The van der Waals surface area contributed by atoms with Crippen LogP contribution in [0.25, 0.3) is 0 Å². The van der Waals surface area contributed by atoms with Gasteiger partial charge in [0.05, 0.1) is 6.33 Å². The standard InChI is InChI=1S/C15H28N4/c1-14(2)11-17-12-15-5-3-8-19(15)9-4-7-18-10-6-16-13-18/h6,10,13-15,17H,3-5,7-9,11-12H2,1-2H3. The molecule has 0 radical (unpaired) electrons. The number of aromatic nitrogens is 2. The third kappa shape index (κ3) is 4.96. The van der Waals surface area contributed by atoms with E-state index in [0.29, 0.717) is 0 Å². The number of likely N-dealkylation sites (tertiary alicyclic amines) is 1. The van der Waals surface area contributed by atoms with Crippen LogP contribution in [-0.2, 0) is 6.54 Å². The Morgan fingerprint density at radius 2 is 2.26 bits per heavy atom. The van der Waals surface area contributed by atoms with E-state index >= 15 is 0 Å². The van der Waals surface area contributed by atoms with E-state index < -0.39 is 0 Å². The molecule has 1 N–H and O–H groups in total. The minimum absolute atomic E-state index is 0.746. The van der Waals surface area contributed by atoms with Crippen molar-refractivity contribution in [3.63, 3.8) is 0 Å². The van der Waals surface area contributed by atoms with Crippen molar-refractivity contribution in [2.75, 3.05) is 26.2 Å². The first kappa shape index (κ1) is 14.5. The van der Waals surface area contributed by atoms with Gasteiger partial charge in [0.15, 0.2) is 0 Å². The van der Waals surface area contributed by atoms with Crippen LogP contribution in [-0.4, -0.2) is 46.7 Å². The summed E-state index contributed by atoms with van der Waals surface area (Å²) in [7, 11) is 0. The van der Waals surface area contributed by atoms with E-state index in [1.54, 1.807) is 0 Å². The van der Waals surface area contributed by atoms with Crippen molar-refractivity contribution < 1.29 is 0 Å². The Morgan fingerprint density at radius 3 is 3.00 bits per heavy atom. The summed E-state index contributed by atoms with van der Waals surface area (Å²) in [6, 6.07) is 0.751. The van der Waals surface area contributed by atoms with E-state index in [2.05, 4.69) is 33.6 Å². The first-order valence-electron chi connectivity index (χ1n) is 7.66. The third-order valence-corrected chi connectivity index (χ3v) is 3.85. The Labute approximate surface area is 117 Å². The summed E-state index contributed by atoms with van der Waals surface area (Å²) in [5.41, 5.74) is 0. The molecule has 108 valence electrons. The summed E-state index contributed by atoms with van der Waals surface area (Å²) in [4.78, 5) is 6.74. The van der Waals surface area contributed by atoms with E-state index in [9.17, 15) is 0 Å². The summed E-state index contributed by atoms with van der Waals surface area (Å²) in [6.07, 6.45) is 9.75. The van der Waals surface area contributed by atoms with Gasteiger partial charge in [-0.2, -0.15) is 0 Å². The lowest BCUT2D eigenvalue weighted by Crippen LogP contribution is -2.39. The van der Waals surface area contributed by atoms with Gasteiger partial charge in [-0.25, -0.2) is 4.98 Å². The van der Waals surface area contributed by atoms with Crippen LogP contribution < -0.4 is 5.32 Å². The molecule has 4 heteroatoms. The summed E-state index contributed by atoms with van der Waals surface area (Å²) in [6.45, 7) is 10.4. The van der Waals surface area contributed by atoms with E-state index in [1.165, 1.54) is 32.4 Å². The van der Waals surface area contributed by atoms with Gasteiger partial charge in [0.2, 0.25) is 0 Å². The maximum absolute atomic E-state index is 4.08. The fraction of sp³-hybridized carbons (Fsp3) is 0.800. The molecule has 0 amide bonds. The quantitative estimate of drug-likeness (QED) is 0.779. The highest BCUT2D eigenvalue weighted by Gasteiger charge is 2.23. The topological polar surface area (TPSA) is 33.1 Å². The zero-order chi connectivity index (χ0) is 13.5. The van der Waals surface area contributed by atoms with Gasteiger partial charge in [-0.3, -0.25) is 4.90 Å². The van der Waals surface area contributed by atoms with Crippen molar-refractivity contribution in [2.24, 2.45) is 5.92 Å². The number of nitrogens with zero attached hydrogens (tertiary/aromatic N) is 3. The first-order valence-corrected chi connectivity index (χ1v) is 7.66. The predicted molar refractivity (Wildman–Crippen MR) is 79.1 cm³/mol. The van der Waals surface area contributed by atoms with Gasteiger partial charge in [0.1, 0.15) is 0 Å². The summed E-state index contributed by atoms with van der Waals surface area (Å²) in [5, 5.41) is 3.60. The molecule has 1 aliphatic heterocycles. The maximum Gasteiger partial charge on any atom is 0.0945 e. The van der Waals surface area contributed by atoms with Gasteiger partial charge in [0.25, 0.3) is 0 Å². The van der Waals surface area contributed by atoms with Crippen molar-refractivity contribution in [3.8, 4) is 0 Å². The third-order valence-electron chi connectivity index (χ3n) is 3.85. The monoisotopic (exact) mass is 264 g/mol. The lowest BCUT2D eigenvalue weighted by atomic mass is 10.2. The molecule has 0 spiro atoms. The zero-order valence-electron chi connectivity index (χ0n) is 12.4. The SMILES string of the molecule is CC(C)CNCC1CCCN1CCCn1ccnc1. The van der Waals surface area contributed by atoms with Gasteiger partial charge >= 0.3 is 0 Å². The van der Waals surface area contributed by atoms with Crippen LogP contribution in [0, 0.1) is 5.92 Å². The van der Waals surface area contributed by atoms with E-state index in [0.717, 1.165) is 31.6 Å². The van der Waals surface area contributed by atoms with Gasteiger partial charge in [-0.15, -0.1) is 0 Å². The van der Waals surface area contributed by atoms with Gasteiger partial charge in [-0.1, -0.05) is 13.8 Å². The second-order valence-corrected chi connectivity index (χ2v) is 6.04. The fourth-order valence-corrected chi connectivity index (χ4v) is 2.83.